The molecule has 2 aromatic heterocycles. The number of anilines is 1. The lowest BCUT2D eigenvalue weighted by Crippen LogP contribution is -2.40. The fourth-order valence-electron chi connectivity index (χ4n) is 4.58. The zero-order chi connectivity index (χ0) is 22.2. The molecule has 0 saturated carbocycles. The molecule has 4 N–H and O–H groups in total. The van der Waals surface area contributed by atoms with Crippen LogP contribution in [-0.4, -0.2) is 45.1 Å². The minimum Gasteiger partial charge on any atom is -0.419 e. The van der Waals surface area contributed by atoms with E-state index in [1.807, 2.05) is 12.1 Å². The number of fused-ring (bicyclic) bond motifs is 1. The number of amides is 1. The van der Waals surface area contributed by atoms with Crippen LogP contribution in [0.2, 0.25) is 0 Å². The number of hydrogen-bond acceptors (Lipinski definition) is 9. The van der Waals surface area contributed by atoms with Crippen molar-refractivity contribution in [2.24, 2.45) is 0 Å². The first kappa shape index (κ1) is 19.7. The SMILES string of the molecule is O=C(Cc1nnc(-c2ccc(NC3Cc4ccccc4C3)cn2)o1)N1CCC2=C(C1)NNN2. The van der Waals surface area contributed by atoms with Crippen molar-refractivity contribution < 1.29 is 9.21 Å². The summed E-state index contributed by atoms with van der Waals surface area (Å²) in [7, 11) is 0. The number of aromatic nitrogens is 3. The van der Waals surface area contributed by atoms with Gasteiger partial charge in [-0.3, -0.25) is 4.79 Å². The van der Waals surface area contributed by atoms with Crippen LogP contribution in [0.4, 0.5) is 5.69 Å². The predicted octanol–water partition coefficient (Wildman–Crippen LogP) is 1.31. The van der Waals surface area contributed by atoms with E-state index in [1.54, 1.807) is 11.1 Å². The zero-order valence-corrected chi connectivity index (χ0v) is 18.0. The van der Waals surface area contributed by atoms with Crippen molar-refractivity contribution in [3.63, 3.8) is 0 Å². The fraction of sp³-hybridized carbons (Fsp3) is 0.304. The number of rotatable bonds is 5. The van der Waals surface area contributed by atoms with E-state index in [0.717, 1.165) is 36.3 Å². The third-order valence-corrected chi connectivity index (χ3v) is 6.30. The number of hydrazine groups is 2. The standard InChI is InChI=1S/C23H24N8O2/c32-22(31-8-7-18-20(13-31)27-30-26-18)11-21-28-29-23(33-21)19-6-5-16(12-24-19)25-17-9-14-3-1-2-4-15(14)10-17/h1-6,12,17,25-27,30H,7-11,13H2. The quantitative estimate of drug-likeness (QED) is 0.462. The second-order valence-corrected chi connectivity index (χ2v) is 8.53. The maximum atomic E-state index is 12.7. The molecule has 0 atom stereocenters. The molecule has 3 aromatic rings. The molecule has 2 aliphatic heterocycles. The summed E-state index contributed by atoms with van der Waals surface area (Å²) in [6.45, 7) is 1.17. The Labute approximate surface area is 190 Å². The Morgan fingerprint density at radius 1 is 1.09 bits per heavy atom. The van der Waals surface area contributed by atoms with Crippen LogP contribution >= 0.6 is 0 Å². The van der Waals surface area contributed by atoms with Gasteiger partial charge < -0.3 is 25.5 Å². The summed E-state index contributed by atoms with van der Waals surface area (Å²) in [5.74, 6) is 0.556. The van der Waals surface area contributed by atoms with Crippen molar-refractivity contribution in [2.45, 2.75) is 31.7 Å². The van der Waals surface area contributed by atoms with Crippen molar-refractivity contribution in [3.8, 4) is 11.6 Å². The van der Waals surface area contributed by atoms with Crippen LogP contribution in [-0.2, 0) is 24.1 Å². The summed E-state index contributed by atoms with van der Waals surface area (Å²) in [6, 6.07) is 12.7. The maximum Gasteiger partial charge on any atom is 0.266 e. The second-order valence-electron chi connectivity index (χ2n) is 8.53. The minimum absolute atomic E-state index is 0.0458. The maximum absolute atomic E-state index is 12.7. The number of hydrogen-bond donors (Lipinski definition) is 4. The third-order valence-electron chi connectivity index (χ3n) is 6.30. The number of pyridine rings is 1. The first-order valence-electron chi connectivity index (χ1n) is 11.1. The summed E-state index contributed by atoms with van der Waals surface area (Å²) in [6.07, 6.45) is 4.64. The van der Waals surface area contributed by atoms with Gasteiger partial charge in [-0.1, -0.05) is 24.3 Å². The molecule has 4 heterocycles. The molecule has 0 unspecified atom stereocenters. The largest absolute Gasteiger partial charge is 0.419 e. The predicted molar refractivity (Wildman–Crippen MR) is 120 cm³/mol. The van der Waals surface area contributed by atoms with Crippen LogP contribution in [0.3, 0.4) is 0 Å². The lowest BCUT2D eigenvalue weighted by Gasteiger charge is -2.26. The van der Waals surface area contributed by atoms with Gasteiger partial charge in [-0.2, -0.15) is 5.53 Å². The van der Waals surface area contributed by atoms with Gasteiger partial charge in [-0.15, -0.1) is 10.2 Å². The van der Waals surface area contributed by atoms with E-state index in [0.29, 0.717) is 30.7 Å². The summed E-state index contributed by atoms with van der Waals surface area (Å²) >= 11 is 0. The summed E-state index contributed by atoms with van der Waals surface area (Å²) < 4.78 is 5.73. The molecule has 10 heteroatoms. The lowest BCUT2D eigenvalue weighted by molar-refractivity contribution is -0.130. The first-order chi connectivity index (χ1) is 16.2. The molecule has 3 aliphatic rings. The molecule has 0 spiro atoms. The monoisotopic (exact) mass is 444 g/mol. The van der Waals surface area contributed by atoms with Crippen molar-refractivity contribution >= 4 is 11.6 Å². The molecule has 1 aromatic carbocycles. The first-order valence-corrected chi connectivity index (χ1v) is 11.1. The highest BCUT2D eigenvalue weighted by molar-refractivity contribution is 5.78. The zero-order valence-electron chi connectivity index (χ0n) is 18.0. The van der Waals surface area contributed by atoms with E-state index in [-0.39, 0.29) is 18.2 Å². The van der Waals surface area contributed by atoms with E-state index in [2.05, 4.69) is 61.1 Å². The van der Waals surface area contributed by atoms with E-state index in [4.69, 9.17) is 4.42 Å². The van der Waals surface area contributed by atoms with E-state index in [9.17, 15) is 4.79 Å². The Morgan fingerprint density at radius 2 is 1.91 bits per heavy atom. The summed E-state index contributed by atoms with van der Waals surface area (Å²) in [4.78, 5) is 18.9. The van der Waals surface area contributed by atoms with Crippen molar-refractivity contribution in [3.05, 3.63) is 71.0 Å². The topological polar surface area (TPSA) is 120 Å². The van der Waals surface area contributed by atoms with Gasteiger partial charge in [-0.25, -0.2) is 4.98 Å². The number of nitrogens with one attached hydrogen (secondary N) is 4. The van der Waals surface area contributed by atoms with Crippen LogP contribution in [0.5, 0.6) is 0 Å². The summed E-state index contributed by atoms with van der Waals surface area (Å²) in [5, 5.41) is 11.7. The molecule has 1 amide bonds. The average Bonchev–Trinajstić information content (AvgIpc) is 3.58. The molecule has 0 saturated heterocycles. The van der Waals surface area contributed by atoms with Crippen molar-refractivity contribution in [2.75, 3.05) is 18.4 Å². The van der Waals surface area contributed by atoms with Gasteiger partial charge >= 0.3 is 0 Å². The highest BCUT2D eigenvalue weighted by Gasteiger charge is 2.27. The summed E-state index contributed by atoms with van der Waals surface area (Å²) in [5.41, 5.74) is 15.4. The normalized spacial score (nSPS) is 17.4. The highest BCUT2D eigenvalue weighted by Crippen LogP contribution is 2.25. The fourth-order valence-corrected chi connectivity index (χ4v) is 4.58. The van der Waals surface area contributed by atoms with Crippen LogP contribution in [0.25, 0.3) is 11.6 Å². The molecule has 6 rings (SSSR count). The Bertz CT molecular complexity index is 1190. The van der Waals surface area contributed by atoms with Crippen molar-refractivity contribution in [1.29, 1.82) is 0 Å². The third kappa shape index (κ3) is 4.00. The van der Waals surface area contributed by atoms with Crippen molar-refractivity contribution in [1.82, 2.24) is 36.5 Å². The highest BCUT2D eigenvalue weighted by atomic mass is 16.4. The molecule has 0 radical (unpaired) electrons. The smallest absolute Gasteiger partial charge is 0.266 e. The van der Waals surface area contributed by atoms with Gasteiger partial charge in [0, 0.05) is 19.0 Å². The molecular formula is C23H24N8O2. The molecule has 1 aliphatic carbocycles. The molecule has 33 heavy (non-hydrogen) atoms. The second kappa shape index (κ2) is 8.21. The van der Waals surface area contributed by atoms with Gasteiger partial charge in [0.05, 0.1) is 29.8 Å². The van der Waals surface area contributed by atoms with Gasteiger partial charge in [0.2, 0.25) is 11.8 Å². The van der Waals surface area contributed by atoms with Crippen LogP contribution < -0.4 is 21.7 Å². The van der Waals surface area contributed by atoms with E-state index < -0.39 is 0 Å². The van der Waals surface area contributed by atoms with Crippen LogP contribution in [0.15, 0.2) is 58.4 Å². The molecule has 0 bridgehead atoms. The van der Waals surface area contributed by atoms with Gasteiger partial charge in [0.1, 0.15) is 12.1 Å². The van der Waals surface area contributed by atoms with E-state index >= 15 is 0 Å². The Kier molecular flexibility index (Phi) is 4.91. The molecule has 0 fully saturated rings. The number of carbonyl (C=O) groups excluding carboxylic acids is 1. The molecule has 10 nitrogen and oxygen atoms in total. The van der Waals surface area contributed by atoms with Gasteiger partial charge in [0.15, 0.2) is 0 Å². The average molecular weight is 444 g/mol. The Morgan fingerprint density at radius 3 is 2.70 bits per heavy atom. The lowest BCUT2D eigenvalue weighted by atomic mass is 10.1. The van der Waals surface area contributed by atoms with Crippen LogP contribution in [0, 0.1) is 0 Å². The van der Waals surface area contributed by atoms with Crippen LogP contribution in [0.1, 0.15) is 23.4 Å². The minimum atomic E-state index is -0.0458. The number of carbonyl (C=O) groups is 1. The number of benzene rings is 1. The molecule has 168 valence electrons. The Hall–Kier alpha value is -3.92. The van der Waals surface area contributed by atoms with Gasteiger partial charge in [0.25, 0.3) is 5.89 Å². The number of nitrogens with zero attached hydrogens (tertiary/aromatic N) is 4. The van der Waals surface area contributed by atoms with E-state index in [1.165, 1.54) is 11.1 Å². The Balaban J connectivity index is 1.06. The van der Waals surface area contributed by atoms with Gasteiger partial charge in [-0.05, 0) is 36.1 Å². The molecular weight excluding hydrogens is 420 g/mol.